The maximum atomic E-state index is 11.5. The molecule has 1 aliphatic rings. The third kappa shape index (κ3) is 4.71. The second kappa shape index (κ2) is 6.63. The van der Waals surface area contributed by atoms with Crippen molar-refractivity contribution in [3.05, 3.63) is 28.0 Å². The molecule has 0 unspecified atom stereocenters. The van der Waals surface area contributed by atoms with Crippen LogP contribution in [0.4, 0.5) is 0 Å². The predicted octanol–water partition coefficient (Wildman–Crippen LogP) is -3.04. The van der Waals surface area contributed by atoms with Gasteiger partial charge in [-0.15, -0.1) is 0 Å². The van der Waals surface area contributed by atoms with Crippen molar-refractivity contribution >= 4 is 27.9 Å². The number of carbonyl (C=O) groups is 2. The van der Waals surface area contributed by atoms with Crippen molar-refractivity contribution in [2.24, 2.45) is 4.99 Å². The summed E-state index contributed by atoms with van der Waals surface area (Å²) >= 11 is 0. The van der Waals surface area contributed by atoms with Gasteiger partial charge in [0.2, 0.25) is 16.6 Å². The van der Waals surface area contributed by atoms with Gasteiger partial charge in [0.25, 0.3) is 0 Å². The molecule has 19 heavy (non-hydrogen) atoms. The van der Waals surface area contributed by atoms with Crippen LogP contribution in [0.2, 0.25) is 0 Å². The van der Waals surface area contributed by atoms with Gasteiger partial charge in [0.05, 0.1) is 0 Å². The summed E-state index contributed by atoms with van der Waals surface area (Å²) in [5.41, 5.74) is -1.58. The molecular formula is C8H8N2NaO7S+. The molecule has 0 bridgehead atoms. The van der Waals surface area contributed by atoms with Gasteiger partial charge in [-0.1, -0.05) is 0 Å². The second-order valence-electron chi connectivity index (χ2n) is 3.19. The Kier molecular flexibility index (Phi) is 6.38. The number of hydroxylamine groups is 2. The zero-order valence-electron chi connectivity index (χ0n) is 9.93. The molecule has 3 N–H and O–H groups in total. The molecule has 0 saturated heterocycles. The topological polar surface area (TPSA) is 151 Å². The zero-order valence-corrected chi connectivity index (χ0v) is 12.7. The number of hydrogen-bond donors (Lipinski definition) is 3. The third-order valence-electron chi connectivity index (χ3n) is 1.81. The number of allylic oxidation sites excluding steroid dienone is 3. The number of nitrogens with zero attached hydrogens (tertiary/aromatic N) is 2. The van der Waals surface area contributed by atoms with Gasteiger partial charge < -0.3 is 10.4 Å². The largest absolute Gasteiger partial charge is 1.00 e. The molecule has 11 heteroatoms. The molecule has 0 spiro atoms. The van der Waals surface area contributed by atoms with Crippen LogP contribution in [-0.2, 0) is 24.3 Å². The number of amides is 1. The first-order chi connectivity index (χ1) is 8.12. The third-order valence-corrected chi connectivity index (χ3v) is 2.66. The van der Waals surface area contributed by atoms with E-state index in [4.69, 9.17) is 14.3 Å². The Balaban J connectivity index is 0.00000324. The number of rotatable bonds is 2. The van der Waals surface area contributed by atoms with Crippen LogP contribution in [0.15, 0.2) is 27.7 Å². The summed E-state index contributed by atoms with van der Waals surface area (Å²) in [6.07, 6.45) is 1.20. The normalized spacial score (nSPS) is 17.5. The van der Waals surface area contributed by atoms with Gasteiger partial charge in [0.1, 0.15) is 11.4 Å². The zero-order chi connectivity index (χ0) is 14.1. The van der Waals surface area contributed by atoms with E-state index in [1.165, 1.54) is 0 Å². The van der Waals surface area contributed by atoms with E-state index < -0.39 is 43.7 Å². The van der Waals surface area contributed by atoms with Crippen molar-refractivity contribution in [1.29, 1.82) is 0 Å². The Bertz CT molecular complexity index is 545. The van der Waals surface area contributed by atoms with Gasteiger partial charge in [-0.2, -0.15) is 9.11 Å². The van der Waals surface area contributed by atoms with Gasteiger partial charge in [-0.3, -0.25) is 14.8 Å². The van der Waals surface area contributed by atoms with Crippen LogP contribution in [0.1, 0.15) is 6.92 Å². The first-order valence-electron chi connectivity index (χ1n) is 4.35. The summed E-state index contributed by atoms with van der Waals surface area (Å²) in [5, 5.41) is 18.5. The molecule has 0 aromatic heterocycles. The molecule has 0 radical (unpaired) electrons. The van der Waals surface area contributed by atoms with Crippen molar-refractivity contribution in [3.63, 3.8) is 0 Å². The molecule has 98 valence electrons. The minimum Gasteiger partial charge on any atom is -0.733 e. The minimum absolute atomic E-state index is 0. The summed E-state index contributed by atoms with van der Waals surface area (Å²) in [5.74, 6) is -1.91. The smallest absolute Gasteiger partial charge is 0.733 e. The summed E-state index contributed by atoms with van der Waals surface area (Å²) < 4.78 is 28.8. The van der Waals surface area contributed by atoms with Gasteiger partial charge in [-0.25, -0.2) is 4.99 Å². The van der Waals surface area contributed by atoms with Gasteiger partial charge in [0.15, 0.2) is 0 Å². The van der Waals surface area contributed by atoms with E-state index >= 15 is 0 Å². The molecule has 0 aliphatic heterocycles. The number of ketones is 1. The van der Waals surface area contributed by atoms with Gasteiger partial charge >= 0.3 is 40.1 Å². The van der Waals surface area contributed by atoms with E-state index in [1.807, 2.05) is 0 Å². The molecule has 0 fully saturated rings. The molecule has 1 aliphatic carbocycles. The van der Waals surface area contributed by atoms with Crippen LogP contribution in [0.3, 0.4) is 0 Å². The van der Waals surface area contributed by atoms with Crippen LogP contribution in [0.5, 0.6) is 0 Å². The average molecular weight is 299 g/mol. The predicted molar refractivity (Wildman–Crippen MR) is 59.6 cm³/mol. The molecule has 1 amide bonds. The standard InChI is InChI=1S/C8H8N2O7S.Na/c1-4(11)9-6-2-5(18(15,16)17)3-7(8(6)12)10(13)14;/h2-3,13H,1H3,(H2,15,16,17);/q;+1. The van der Waals surface area contributed by atoms with Gasteiger partial charge in [-0.05, 0) is 4.21 Å². The van der Waals surface area contributed by atoms with Crippen LogP contribution in [0, 0.1) is 5.21 Å². The van der Waals surface area contributed by atoms with Crippen molar-refractivity contribution in [1.82, 2.24) is 5.23 Å². The molecule has 9 nitrogen and oxygen atoms in total. The Morgan fingerprint density at radius 3 is 2.32 bits per heavy atom. The molecular weight excluding hydrogens is 291 g/mol. The second-order valence-corrected chi connectivity index (χ2v) is 4.66. The summed E-state index contributed by atoms with van der Waals surface area (Å²) in [6.45, 7) is 1.01. The van der Waals surface area contributed by atoms with Crippen molar-refractivity contribution in [3.8, 4) is 0 Å². The maximum absolute atomic E-state index is 11.5. The fourth-order valence-corrected chi connectivity index (χ4v) is 1.65. The number of Topliss-reactive ketones (excluding diaryl/α,β-unsaturated/α-hetero) is 1. The van der Waals surface area contributed by atoms with E-state index in [0.717, 1.165) is 6.92 Å². The molecule has 1 rings (SSSR count). The molecule has 0 saturated carbocycles. The van der Waals surface area contributed by atoms with Crippen LogP contribution < -0.4 is 29.6 Å². The quantitative estimate of drug-likeness (QED) is 0.211. The number of carbonyl (C=O) groups excluding carboxylic acids is 2. The van der Waals surface area contributed by atoms with Crippen LogP contribution in [-0.4, -0.2) is 36.9 Å². The SMILES string of the molecule is CC(=O)N=C1C=C([S+](=O)(O)O)C=C(N([O-])O)C1=O.[Na+]. The molecule has 0 aromatic carbocycles. The van der Waals surface area contributed by atoms with Crippen molar-refractivity contribution in [2.45, 2.75) is 6.92 Å². The van der Waals surface area contributed by atoms with Crippen LogP contribution in [0.25, 0.3) is 0 Å². The fourth-order valence-electron chi connectivity index (χ4n) is 1.12. The Hall–Kier alpha value is -0.720. The molecule has 0 aromatic rings. The van der Waals surface area contributed by atoms with E-state index in [-0.39, 0.29) is 29.6 Å². The summed E-state index contributed by atoms with van der Waals surface area (Å²) in [4.78, 5) is 24.7. The van der Waals surface area contributed by atoms with Crippen molar-refractivity contribution in [2.75, 3.05) is 0 Å². The van der Waals surface area contributed by atoms with Gasteiger partial charge in [0, 0.05) is 19.1 Å². The number of hydrogen-bond acceptors (Lipinski definition) is 6. The minimum atomic E-state index is -4.47. The van der Waals surface area contributed by atoms with Crippen LogP contribution >= 0.6 is 0 Å². The first-order valence-corrected chi connectivity index (χ1v) is 5.82. The van der Waals surface area contributed by atoms with Crippen molar-refractivity contribution < 1.29 is 57.7 Å². The monoisotopic (exact) mass is 299 g/mol. The van der Waals surface area contributed by atoms with E-state index in [2.05, 4.69) is 4.99 Å². The Morgan fingerprint density at radius 1 is 1.42 bits per heavy atom. The average Bonchev–Trinajstić information content (AvgIpc) is 2.18. The maximum Gasteiger partial charge on any atom is 1.00 e. The first kappa shape index (κ1) is 18.3. The summed E-state index contributed by atoms with van der Waals surface area (Å²) in [6, 6.07) is 0. The van der Waals surface area contributed by atoms with E-state index in [9.17, 15) is 19.0 Å². The van der Waals surface area contributed by atoms with E-state index in [1.54, 1.807) is 0 Å². The molecule has 0 heterocycles. The van der Waals surface area contributed by atoms with E-state index in [0.29, 0.717) is 12.2 Å². The Labute approximate surface area is 130 Å². The Morgan fingerprint density at radius 2 is 1.95 bits per heavy atom. The summed E-state index contributed by atoms with van der Waals surface area (Å²) in [7, 11) is -4.47. The number of aliphatic imine (C=N–C) groups is 1. The molecule has 0 atom stereocenters. The fraction of sp³-hybridized carbons (Fsp3) is 0.125.